The molecule has 0 bridgehead atoms. The lowest BCUT2D eigenvalue weighted by Gasteiger charge is -2.24. The third-order valence-corrected chi connectivity index (χ3v) is 3.39. The van der Waals surface area contributed by atoms with Crippen molar-refractivity contribution in [2.24, 2.45) is 0 Å². The van der Waals surface area contributed by atoms with Crippen molar-refractivity contribution in [3.05, 3.63) is 58.9 Å². The van der Waals surface area contributed by atoms with Crippen molar-refractivity contribution in [2.75, 3.05) is 7.05 Å². The van der Waals surface area contributed by atoms with Crippen LogP contribution in [-0.2, 0) is 12.0 Å². The summed E-state index contributed by atoms with van der Waals surface area (Å²) in [6.07, 6.45) is 0. The average molecular weight is 273 g/mol. The quantitative estimate of drug-likeness (QED) is 0.930. The van der Waals surface area contributed by atoms with Gasteiger partial charge >= 0.3 is 0 Å². The first kappa shape index (κ1) is 14.6. The van der Waals surface area contributed by atoms with E-state index in [1.165, 1.54) is 12.1 Å². The van der Waals surface area contributed by atoms with Crippen LogP contribution in [0.15, 0.2) is 30.3 Å². The van der Waals surface area contributed by atoms with Gasteiger partial charge in [0.1, 0.15) is 11.6 Å². The fraction of sp³-hybridized carbons (Fsp3) is 0.375. The van der Waals surface area contributed by atoms with E-state index in [-0.39, 0.29) is 11.2 Å². The smallest absolute Gasteiger partial charge is 0.138 e. The van der Waals surface area contributed by atoms with Crippen molar-refractivity contribution >= 4 is 0 Å². The van der Waals surface area contributed by atoms with Crippen LogP contribution in [0.2, 0.25) is 0 Å². The topological polar surface area (TPSA) is 37.8 Å². The van der Waals surface area contributed by atoms with Crippen LogP contribution >= 0.6 is 0 Å². The minimum Gasteiger partial charge on any atom is -0.314 e. The molecule has 0 saturated carbocycles. The molecule has 1 aromatic heterocycles. The minimum atomic E-state index is -0.359. The normalized spacial score (nSPS) is 11.7. The Balaban J connectivity index is 2.45. The van der Waals surface area contributed by atoms with E-state index in [1.54, 1.807) is 12.1 Å². The molecule has 0 radical (unpaired) electrons. The number of aromatic nitrogens is 2. The molecule has 4 heteroatoms. The molecule has 3 nitrogen and oxygen atoms in total. The molecule has 0 amide bonds. The number of nitrogens with one attached hydrogen (secondary N) is 1. The van der Waals surface area contributed by atoms with Crippen LogP contribution in [-0.4, -0.2) is 17.0 Å². The third kappa shape index (κ3) is 3.02. The number of rotatable bonds is 4. The van der Waals surface area contributed by atoms with E-state index in [4.69, 9.17) is 0 Å². The van der Waals surface area contributed by atoms with Crippen LogP contribution in [0.1, 0.15) is 36.6 Å². The minimum absolute atomic E-state index is 0.231. The molecule has 20 heavy (non-hydrogen) atoms. The standard InChI is InChI=1S/C16H20FN3/c1-11-9-14(10-18-4)20-15(19-11)16(2,3)12-5-7-13(17)8-6-12/h5-9,18H,10H2,1-4H3. The molecular weight excluding hydrogens is 253 g/mol. The maximum atomic E-state index is 13.1. The summed E-state index contributed by atoms with van der Waals surface area (Å²) < 4.78 is 13.1. The van der Waals surface area contributed by atoms with Gasteiger partial charge in [-0.05, 0) is 51.6 Å². The molecule has 0 atom stereocenters. The SMILES string of the molecule is CNCc1cc(C)nc(C(C)(C)c2ccc(F)cc2)n1. The van der Waals surface area contributed by atoms with E-state index in [0.717, 1.165) is 22.8 Å². The summed E-state index contributed by atoms with van der Waals surface area (Å²) in [7, 11) is 1.89. The second-order valence-corrected chi connectivity index (χ2v) is 5.49. The molecule has 0 aliphatic rings. The molecule has 0 unspecified atom stereocenters. The summed E-state index contributed by atoms with van der Waals surface area (Å²) in [5, 5.41) is 3.10. The highest BCUT2D eigenvalue weighted by atomic mass is 19.1. The van der Waals surface area contributed by atoms with Crippen molar-refractivity contribution in [1.29, 1.82) is 0 Å². The Labute approximate surface area is 119 Å². The lowest BCUT2D eigenvalue weighted by molar-refractivity contribution is 0.574. The van der Waals surface area contributed by atoms with E-state index in [2.05, 4.69) is 29.1 Å². The predicted molar refractivity (Wildman–Crippen MR) is 78.1 cm³/mol. The van der Waals surface area contributed by atoms with Gasteiger partial charge in [0.05, 0.1) is 5.69 Å². The fourth-order valence-corrected chi connectivity index (χ4v) is 2.18. The molecule has 106 valence electrons. The summed E-state index contributed by atoms with van der Waals surface area (Å²) in [6.45, 7) is 6.78. The number of benzene rings is 1. The van der Waals surface area contributed by atoms with E-state index >= 15 is 0 Å². The largest absolute Gasteiger partial charge is 0.314 e. The highest BCUT2D eigenvalue weighted by Crippen LogP contribution is 2.29. The Kier molecular flexibility index (Phi) is 4.14. The molecule has 2 rings (SSSR count). The average Bonchev–Trinajstić information content (AvgIpc) is 2.39. The van der Waals surface area contributed by atoms with Gasteiger partial charge in [-0.15, -0.1) is 0 Å². The Morgan fingerprint density at radius 1 is 1.15 bits per heavy atom. The van der Waals surface area contributed by atoms with Gasteiger partial charge in [0.2, 0.25) is 0 Å². The van der Waals surface area contributed by atoms with Gasteiger partial charge in [0.15, 0.2) is 0 Å². The Morgan fingerprint density at radius 2 is 1.80 bits per heavy atom. The summed E-state index contributed by atoms with van der Waals surface area (Å²) >= 11 is 0. The predicted octanol–water partition coefficient (Wildman–Crippen LogP) is 2.97. The molecule has 0 fully saturated rings. The van der Waals surface area contributed by atoms with Crippen LogP contribution in [0.25, 0.3) is 0 Å². The van der Waals surface area contributed by atoms with Gasteiger partial charge in [0, 0.05) is 17.7 Å². The first-order valence-electron chi connectivity index (χ1n) is 6.69. The maximum Gasteiger partial charge on any atom is 0.138 e. The zero-order valence-corrected chi connectivity index (χ0v) is 12.4. The number of nitrogens with zero attached hydrogens (tertiary/aromatic N) is 2. The van der Waals surface area contributed by atoms with Crippen molar-refractivity contribution in [1.82, 2.24) is 15.3 Å². The van der Waals surface area contributed by atoms with E-state index in [1.807, 2.05) is 20.0 Å². The fourth-order valence-electron chi connectivity index (χ4n) is 2.18. The van der Waals surface area contributed by atoms with Crippen LogP contribution in [0.4, 0.5) is 4.39 Å². The molecular formula is C16H20FN3. The second-order valence-electron chi connectivity index (χ2n) is 5.49. The third-order valence-electron chi connectivity index (χ3n) is 3.39. The van der Waals surface area contributed by atoms with Crippen molar-refractivity contribution < 1.29 is 4.39 Å². The van der Waals surface area contributed by atoms with Crippen LogP contribution in [0.5, 0.6) is 0 Å². The van der Waals surface area contributed by atoms with E-state index in [9.17, 15) is 4.39 Å². The van der Waals surface area contributed by atoms with Crippen LogP contribution in [0, 0.1) is 12.7 Å². The summed E-state index contributed by atoms with van der Waals surface area (Å²) in [5.74, 6) is 0.528. The van der Waals surface area contributed by atoms with Gasteiger partial charge in [-0.25, -0.2) is 14.4 Å². The first-order chi connectivity index (χ1) is 9.43. The van der Waals surface area contributed by atoms with Crippen molar-refractivity contribution in [3.8, 4) is 0 Å². The van der Waals surface area contributed by atoms with Crippen LogP contribution in [0.3, 0.4) is 0 Å². The number of hydrogen-bond donors (Lipinski definition) is 1. The van der Waals surface area contributed by atoms with Gasteiger partial charge in [-0.2, -0.15) is 0 Å². The summed E-state index contributed by atoms with van der Waals surface area (Å²) in [4.78, 5) is 9.18. The molecule has 1 heterocycles. The zero-order chi connectivity index (χ0) is 14.8. The number of hydrogen-bond acceptors (Lipinski definition) is 3. The molecule has 0 saturated heterocycles. The van der Waals surface area contributed by atoms with Gasteiger partial charge in [0.25, 0.3) is 0 Å². The Morgan fingerprint density at radius 3 is 2.40 bits per heavy atom. The Bertz CT molecular complexity index is 591. The van der Waals surface area contributed by atoms with E-state index < -0.39 is 0 Å². The molecule has 1 aromatic carbocycles. The van der Waals surface area contributed by atoms with Gasteiger partial charge in [-0.3, -0.25) is 0 Å². The highest BCUT2D eigenvalue weighted by molar-refractivity contribution is 5.32. The molecule has 0 aliphatic carbocycles. The summed E-state index contributed by atoms with van der Waals surface area (Å²) in [5.41, 5.74) is 2.54. The monoisotopic (exact) mass is 273 g/mol. The molecule has 2 aromatic rings. The maximum absolute atomic E-state index is 13.1. The highest BCUT2D eigenvalue weighted by Gasteiger charge is 2.27. The molecule has 0 spiro atoms. The first-order valence-corrected chi connectivity index (χ1v) is 6.69. The van der Waals surface area contributed by atoms with Crippen molar-refractivity contribution in [3.63, 3.8) is 0 Å². The van der Waals surface area contributed by atoms with Crippen LogP contribution < -0.4 is 5.32 Å². The number of aryl methyl sites for hydroxylation is 1. The lowest BCUT2D eigenvalue weighted by Crippen LogP contribution is -2.24. The van der Waals surface area contributed by atoms with Crippen molar-refractivity contribution in [2.45, 2.75) is 32.7 Å². The van der Waals surface area contributed by atoms with Gasteiger partial charge < -0.3 is 5.32 Å². The second kappa shape index (κ2) is 5.67. The zero-order valence-electron chi connectivity index (χ0n) is 12.4. The Hall–Kier alpha value is -1.81. The van der Waals surface area contributed by atoms with Gasteiger partial charge in [-0.1, -0.05) is 12.1 Å². The summed E-state index contributed by atoms with van der Waals surface area (Å²) in [6, 6.07) is 8.50. The lowest BCUT2D eigenvalue weighted by atomic mass is 9.83. The number of halogens is 1. The molecule has 1 N–H and O–H groups in total. The van der Waals surface area contributed by atoms with E-state index in [0.29, 0.717) is 6.54 Å². The molecule has 0 aliphatic heterocycles.